The van der Waals surface area contributed by atoms with Crippen LogP contribution in [0.15, 0.2) is 107 Å². The van der Waals surface area contributed by atoms with Crippen LogP contribution in [0, 0.1) is 6.92 Å². The quantitative estimate of drug-likeness (QED) is 0.241. The van der Waals surface area contributed by atoms with Gasteiger partial charge in [-0.1, -0.05) is 63.2 Å². The zero-order valence-corrected chi connectivity index (χ0v) is 24.9. The molecule has 43 heavy (non-hydrogen) atoms. The van der Waals surface area contributed by atoms with Crippen molar-refractivity contribution in [2.45, 2.75) is 39.2 Å². The van der Waals surface area contributed by atoms with Crippen LogP contribution in [0.1, 0.15) is 49.2 Å². The Morgan fingerprint density at radius 1 is 0.837 bits per heavy atom. The van der Waals surface area contributed by atoms with Gasteiger partial charge in [0.25, 0.3) is 0 Å². The van der Waals surface area contributed by atoms with Crippen LogP contribution in [-0.2, 0) is 5.41 Å². The molecule has 2 aromatic heterocycles. The van der Waals surface area contributed by atoms with E-state index in [4.69, 9.17) is 19.8 Å². The monoisotopic (exact) mass is 567 g/mol. The molecule has 2 aliphatic rings. The first kappa shape index (κ1) is 26.6. The molecule has 0 aliphatic carbocycles. The number of hydrogen-bond donors (Lipinski definition) is 1. The van der Waals surface area contributed by atoms with Crippen LogP contribution in [0.25, 0.3) is 5.82 Å². The summed E-state index contributed by atoms with van der Waals surface area (Å²) in [5.74, 6) is 3.61. The van der Waals surface area contributed by atoms with Crippen molar-refractivity contribution in [1.82, 2.24) is 14.8 Å². The molecule has 8 nitrogen and oxygen atoms in total. The molecule has 214 valence electrons. The Morgan fingerprint density at radius 2 is 1.58 bits per heavy atom. The molecule has 5 aromatic rings. The molecule has 8 heteroatoms. The number of nitrogens with one attached hydrogen (secondary N) is 1. The summed E-state index contributed by atoms with van der Waals surface area (Å²) >= 11 is 0. The largest absolute Gasteiger partial charge is 0.497 e. The summed E-state index contributed by atoms with van der Waals surface area (Å²) in [5.41, 5.74) is 7.15. The van der Waals surface area contributed by atoms with Gasteiger partial charge < -0.3 is 15.0 Å². The zero-order chi connectivity index (χ0) is 29.7. The van der Waals surface area contributed by atoms with Gasteiger partial charge >= 0.3 is 0 Å². The van der Waals surface area contributed by atoms with E-state index in [1.807, 2.05) is 65.3 Å². The van der Waals surface area contributed by atoms with Crippen molar-refractivity contribution < 1.29 is 4.74 Å². The lowest BCUT2D eigenvalue weighted by molar-refractivity contribution is 0.415. The van der Waals surface area contributed by atoms with Gasteiger partial charge in [-0.15, -0.1) is 0 Å². The topological polar surface area (TPSA) is 79.9 Å². The number of anilines is 2. The lowest BCUT2D eigenvalue weighted by atomic mass is 9.85. The number of rotatable bonds is 4. The Morgan fingerprint density at radius 3 is 2.28 bits per heavy atom. The van der Waals surface area contributed by atoms with Gasteiger partial charge in [0.1, 0.15) is 5.75 Å². The number of nitrogens with zero attached hydrogens (tertiary/aromatic N) is 6. The number of fused-ring (bicyclic) bond motifs is 4. The van der Waals surface area contributed by atoms with Gasteiger partial charge in [-0.05, 0) is 72.0 Å². The molecule has 0 saturated carbocycles. The van der Waals surface area contributed by atoms with Crippen LogP contribution in [0.5, 0.6) is 5.75 Å². The summed E-state index contributed by atoms with van der Waals surface area (Å²) in [6.45, 7) is 8.76. The minimum atomic E-state index is -0.196. The van der Waals surface area contributed by atoms with Crippen LogP contribution in [0.4, 0.5) is 22.9 Å². The normalized spacial score (nSPS) is 15.6. The highest BCUT2D eigenvalue weighted by Crippen LogP contribution is 2.48. The van der Waals surface area contributed by atoms with E-state index in [1.165, 1.54) is 5.56 Å². The SMILES string of the molecule is COc1ccc(NC2=Nc3ccccc3N3C2=Nc2c(c(C)nn2-c2ccccn2)[C@@H]3c2ccc(C(C)(C)C)cc2)cc1. The van der Waals surface area contributed by atoms with Crippen molar-refractivity contribution in [2.75, 3.05) is 17.3 Å². The fraction of sp³-hybridized carbons (Fsp3) is 0.200. The molecule has 2 aliphatic heterocycles. The third-order valence-corrected chi connectivity index (χ3v) is 7.95. The lowest BCUT2D eigenvalue weighted by Gasteiger charge is -2.40. The maximum Gasteiger partial charge on any atom is 0.179 e. The maximum atomic E-state index is 5.37. The molecule has 4 heterocycles. The Kier molecular flexibility index (Phi) is 6.34. The average molecular weight is 568 g/mol. The molecule has 0 saturated heterocycles. The van der Waals surface area contributed by atoms with E-state index in [0.717, 1.165) is 45.5 Å². The molecule has 0 spiro atoms. The second kappa shape index (κ2) is 10.2. The number of pyridine rings is 1. The first-order chi connectivity index (χ1) is 20.8. The molecule has 0 radical (unpaired) electrons. The van der Waals surface area contributed by atoms with Gasteiger partial charge in [-0.2, -0.15) is 9.78 Å². The number of aryl methyl sites for hydroxylation is 1. The molecule has 0 amide bonds. The number of para-hydroxylation sites is 2. The van der Waals surface area contributed by atoms with Crippen LogP contribution < -0.4 is 15.0 Å². The first-order valence-electron chi connectivity index (χ1n) is 14.4. The molecule has 1 N–H and O–H groups in total. The van der Waals surface area contributed by atoms with Gasteiger partial charge in [0.15, 0.2) is 23.3 Å². The van der Waals surface area contributed by atoms with Crippen molar-refractivity contribution in [3.05, 3.63) is 120 Å². The second-order valence-corrected chi connectivity index (χ2v) is 11.8. The van der Waals surface area contributed by atoms with Crippen LogP contribution in [0.2, 0.25) is 0 Å². The van der Waals surface area contributed by atoms with Gasteiger partial charge in [-0.25, -0.2) is 15.0 Å². The van der Waals surface area contributed by atoms with E-state index >= 15 is 0 Å². The van der Waals surface area contributed by atoms with Crippen molar-refractivity contribution in [3.8, 4) is 11.6 Å². The molecular formula is C35H33N7O. The Bertz CT molecular complexity index is 1860. The first-order valence-corrected chi connectivity index (χ1v) is 14.4. The maximum absolute atomic E-state index is 5.37. The van der Waals surface area contributed by atoms with Crippen molar-refractivity contribution >= 4 is 34.6 Å². The Hall–Kier alpha value is -5.24. The van der Waals surface area contributed by atoms with Gasteiger partial charge in [-0.3, -0.25) is 0 Å². The molecule has 7 rings (SSSR count). The zero-order valence-electron chi connectivity index (χ0n) is 24.9. The van der Waals surface area contributed by atoms with Crippen LogP contribution >= 0.6 is 0 Å². The smallest absolute Gasteiger partial charge is 0.179 e. The summed E-state index contributed by atoms with van der Waals surface area (Å²) in [7, 11) is 1.66. The van der Waals surface area contributed by atoms with Crippen molar-refractivity contribution in [3.63, 3.8) is 0 Å². The lowest BCUT2D eigenvalue weighted by Crippen LogP contribution is -2.46. The predicted octanol–water partition coefficient (Wildman–Crippen LogP) is 7.68. The minimum absolute atomic E-state index is 0.0441. The summed E-state index contributed by atoms with van der Waals surface area (Å²) in [5, 5.41) is 8.53. The summed E-state index contributed by atoms with van der Waals surface area (Å²) in [6.07, 6.45) is 1.78. The number of aliphatic imine (C=N–C) groups is 2. The highest BCUT2D eigenvalue weighted by molar-refractivity contribution is 6.51. The number of benzene rings is 3. The van der Waals surface area contributed by atoms with Crippen molar-refractivity contribution in [1.29, 1.82) is 0 Å². The number of aromatic nitrogens is 3. The fourth-order valence-electron chi connectivity index (χ4n) is 5.73. The molecule has 0 bridgehead atoms. The number of ether oxygens (including phenoxy) is 1. The summed E-state index contributed by atoms with van der Waals surface area (Å²) < 4.78 is 7.22. The fourth-order valence-corrected chi connectivity index (χ4v) is 5.73. The van der Waals surface area contributed by atoms with Crippen molar-refractivity contribution in [2.24, 2.45) is 9.98 Å². The minimum Gasteiger partial charge on any atom is -0.497 e. The highest BCUT2D eigenvalue weighted by Gasteiger charge is 2.41. The number of hydrogen-bond acceptors (Lipinski definition) is 7. The molecule has 3 aromatic carbocycles. The molecule has 1 atom stereocenters. The van der Waals surface area contributed by atoms with Crippen LogP contribution in [-0.4, -0.2) is 33.5 Å². The Labute approximate surface area is 251 Å². The van der Waals surface area contributed by atoms with E-state index in [0.29, 0.717) is 17.5 Å². The predicted molar refractivity (Wildman–Crippen MR) is 173 cm³/mol. The summed E-state index contributed by atoms with van der Waals surface area (Å²) in [6, 6.07) is 30.6. The van der Waals surface area contributed by atoms with E-state index in [1.54, 1.807) is 13.3 Å². The van der Waals surface area contributed by atoms with E-state index < -0.39 is 0 Å². The molecular weight excluding hydrogens is 534 g/mol. The number of methoxy groups -OCH3 is 1. The van der Waals surface area contributed by atoms with E-state index in [2.05, 4.69) is 73.2 Å². The number of amidine groups is 2. The van der Waals surface area contributed by atoms with Crippen LogP contribution in [0.3, 0.4) is 0 Å². The third kappa shape index (κ3) is 4.65. The van der Waals surface area contributed by atoms with E-state index in [9.17, 15) is 0 Å². The van der Waals surface area contributed by atoms with Gasteiger partial charge in [0.05, 0.1) is 30.2 Å². The standard InChI is InChI=1S/C35H33N7O/c1-22-30-31(23-13-15-24(16-14-23)35(2,3)4)41-28-11-7-6-10-27(28)38-32(37-25-17-19-26(43-5)20-18-25)34(41)39-33(30)42(40-22)29-12-8-9-21-36-29/h6-21,31H,1-5H3,(H,37,38)/t31-/m0/s1. The average Bonchev–Trinajstić information content (AvgIpc) is 3.36. The highest BCUT2D eigenvalue weighted by atomic mass is 16.5. The Balaban J connectivity index is 1.46. The second-order valence-electron chi connectivity index (χ2n) is 11.8. The molecule has 0 unspecified atom stereocenters. The third-order valence-electron chi connectivity index (χ3n) is 7.95. The van der Waals surface area contributed by atoms with Gasteiger partial charge in [0.2, 0.25) is 0 Å². The summed E-state index contributed by atoms with van der Waals surface area (Å²) in [4.78, 5) is 17.3. The van der Waals surface area contributed by atoms with Gasteiger partial charge in [0, 0.05) is 17.4 Å². The van der Waals surface area contributed by atoms with E-state index in [-0.39, 0.29) is 11.5 Å². The molecule has 0 fully saturated rings.